The summed E-state index contributed by atoms with van der Waals surface area (Å²) in [5.41, 5.74) is 16.2. The normalized spacial score (nSPS) is 19.8. The molecule has 26 heavy (non-hydrogen) atoms. The molecule has 1 amide bonds. The topological polar surface area (TPSA) is 84.4 Å². The molecular weight excluding hydrogens is 324 g/mol. The van der Waals surface area contributed by atoms with Crippen molar-refractivity contribution >= 4 is 23.0 Å². The molecule has 1 fully saturated rings. The summed E-state index contributed by atoms with van der Waals surface area (Å²) in [5.74, 6) is -0.441. The Labute approximate surface area is 155 Å². The highest BCUT2D eigenvalue weighted by molar-refractivity contribution is 6.00. The van der Waals surface area contributed by atoms with Crippen LogP contribution in [-0.2, 0) is 0 Å². The summed E-state index contributed by atoms with van der Waals surface area (Å²) < 4.78 is 0. The minimum atomic E-state index is -0.441. The molecule has 0 spiro atoms. The van der Waals surface area contributed by atoms with Crippen molar-refractivity contribution in [2.75, 3.05) is 17.3 Å². The number of hydrogen-bond donors (Lipinski definition) is 3. The first-order valence-electron chi connectivity index (χ1n) is 9.21. The monoisotopic (exact) mass is 352 g/mol. The van der Waals surface area contributed by atoms with E-state index in [1.54, 1.807) is 6.07 Å². The lowest BCUT2D eigenvalue weighted by molar-refractivity contribution is 0.100. The Balaban J connectivity index is 1.91. The molecule has 138 valence electrons. The fourth-order valence-corrected chi connectivity index (χ4v) is 3.76. The van der Waals surface area contributed by atoms with E-state index in [0.717, 1.165) is 35.5 Å². The van der Waals surface area contributed by atoms with E-state index in [-0.39, 0.29) is 6.04 Å². The Bertz CT molecular complexity index is 789. The smallest absolute Gasteiger partial charge is 0.250 e. The maximum atomic E-state index is 11.9. The van der Waals surface area contributed by atoms with Crippen molar-refractivity contribution in [3.8, 4) is 0 Å². The number of likely N-dealkylation sites (N-methyl/N-ethyl adjacent to an activating group) is 1. The highest BCUT2D eigenvalue weighted by atomic mass is 16.1. The largest absolute Gasteiger partial charge is 0.370 e. The van der Waals surface area contributed by atoms with Gasteiger partial charge in [-0.1, -0.05) is 25.0 Å². The molecule has 3 rings (SSSR count). The quantitative estimate of drug-likeness (QED) is 0.768. The van der Waals surface area contributed by atoms with Crippen LogP contribution in [0.4, 0.5) is 17.1 Å². The molecule has 1 aliphatic carbocycles. The van der Waals surface area contributed by atoms with Crippen molar-refractivity contribution in [2.45, 2.75) is 44.7 Å². The van der Waals surface area contributed by atoms with Gasteiger partial charge in [0.05, 0.1) is 11.3 Å². The molecule has 2 atom stereocenters. The van der Waals surface area contributed by atoms with Gasteiger partial charge in [-0.15, -0.1) is 0 Å². The number of aryl methyl sites for hydroxylation is 1. The van der Waals surface area contributed by atoms with Crippen LogP contribution < -0.4 is 21.7 Å². The van der Waals surface area contributed by atoms with Crippen LogP contribution in [0, 0.1) is 6.92 Å². The standard InChI is InChI=1S/C21H28N4O/c1-14-6-5-7-15(12-14)24-19-13-16(10-11-17(19)21(23)26)25(2)20-9-4-3-8-18(20)22/h5-7,10-13,18,20,24H,3-4,8-9,22H2,1-2H3,(H2,23,26)/t18-,20?/m0/s1. The average molecular weight is 352 g/mol. The van der Waals surface area contributed by atoms with Crippen molar-refractivity contribution in [1.82, 2.24) is 0 Å². The Hall–Kier alpha value is -2.53. The lowest BCUT2D eigenvalue weighted by Crippen LogP contribution is -2.48. The van der Waals surface area contributed by atoms with E-state index in [2.05, 4.69) is 17.3 Å². The van der Waals surface area contributed by atoms with Gasteiger partial charge in [0, 0.05) is 30.5 Å². The van der Waals surface area contributed by atoms with E-state index < -0.39 is 5.91 Å². The minimum absolute atomic E-state index is 0.178. The van der Waals surface area contributed by atoms with Crippen LogP contribution in [0.1, 0.15) is 41.6 Å². The molecule has 0 radical (unpaired) electrons. The number of rotatable bonds is 5. The first-order valence-corrected chi connectivity index (χ1v) is 9.21. The molecule has 1 aliphatic rings. The highest BCUT2D eigenvalue weighted by Gasteiger charge is 2.26. The van der Waals surface area contributed by atoms with Gasteiger partial charge in [-0.3, -0.25) is 4.79 Å². The summed E-state index contributed by atoms with van der Waals surface area (Å²) in [5, 5.41) is 3.35. The van der Waals surface area contributed by atoms with E-state index in [1.807, 2.05) is 43.3 Å². The number of carbonyl (C=O) groups excluding carboxylic acids is 1. The van der Waals surface area contributed by atoms with Crippen LogP contribution in [-0.4, -0.2) is 25.0 Å². The lowest BCUT2D eigenvalue weighted by Gasteiger charge is -2.37. The summed E-state index contributed by atoms with van der Waals surface area (Å²) in [7, 11) is 2.07. The third-order valence-corrected chi connectivity index (χ3v) is 5.25. The van der Waals surface area contributed by atoms with Gasteiger partial charge in [-0.25, -0.2) is 0 Å². The van der Waals surface area contributed by atoms with Gasteiger partial charge in [0.25, 0.3) is 5.91 Å². The van der Waals surface area contributed by atoms with Crippen LogP contribution in [0.15, 0.2) is 42.5 Å². The minimum Gasteiger partial charge on any atom is -0.370 e. The second-order valence-corrected chi connectivity index (χ2v) is 7.22. The van der Waals surface area contributed by atoms with Crippen LogP contribution in [0.5, 0.6) is 0 Å². The van der Waals surface area contributed by atoms with Crippen molar-refractivity contribution in [3.63, 3.8) is 0 Å². The van der Waals surface area contributed by atoms with E-state index >= 15 is 0 Å². The predicted octanol–water partition coefficient (Wildman–Crippen LogP) is 3.54. The van der Waals surface area contributed by atoms with Gasteiger partial charge in [-0.2, -0.15) is 0 Å². The molecule has 1 unspecified atom stereocenters. The van der Waals surface area contributed by atoms with Gasteiger partial charge in [0.2, 0.25) is 0 Å². The summed E-state index contributed by atoms with van der Waals surface area (Å²) in [4.78, 5) is 14.1. The second-order valence-electron chi connectivity index (χ2n) is 7.22. The number of primary amides is 1. The first kappa shape index (κ1) is 18.3. The van der Waals surface area contributed by atoms with Crippen molar-refractivity contribution in [3.05, 3.63) is 53.6 Å². The molecule has 2 aromatic rings. The molecule has 1 saturated carbocycles. The third-order valence-electron chi connectivity index (χ3n) is 5.25. The fraction of sp³-hybridized carbons (Fsp3) is 0.381. The fourth-order valence-electron chi connectivity index (χ4n) is 3.76. The zero-order valence-corrected chi connectivity index (χ0v) is 15.5. The number of nitrogens with two attached hydrogens (primary N) is 2. The number of benzene rings is 2. The number of hydrogen-bond acceptors (Lipinski definition) is 4. The molecule has 5 nitrogen and oxygen atoms in total. The third kappa shape index (κ3) is 3.99. The van der Waals surface area contributed by atoms with Gasteiger partial charge >= 0.3 is 0 Å². The zero-order valence-electron chi connectivity index (χ0n) is 15.5. The van der Waals surface area contributed by atoms with E-state index in [9.17, 15) is 4.79 Å². The Morgan fingerprint density at radius 2 is 1.92 bits per heavy atom. The Morgan fingerprint density at radius 1 is 1.15 bits per heavy atom. The summed E-state index contributed by atoms with van der Waals surface area (Å²) in [6.07, 6.45) is 4.56. The maximum Gasteiger partial charge on any atom is 0.250 e. The second kappa shape index (κ2) is 7.79. The average Bonchev–Trinajstić information content (AvgIpc) is 2.61. The molecule has 5 N–H and O–H groups in total. The molecular formula is C21H28N4O. The first-order chi connectivity index (χ1) is 12.5. The van der Waals surface area contributed by atoms with E-state index in [4.69, 9.17) is 11.5 Å². The van der Waals surface area contributed by atoms with Gasteiger partial charge in [0.15, 0.2) is 0 Å². The van der Waals surface area contributed by atoms with Crippen LogP contribution in [0.25, 0.3) is 0 Å². The van der Waals surface area contributed by atoms with Gasteiger partial charge < -0.3 is 21.7 Å². The summed E-state index contributed by atoms with van der Waals surface area (Å²) in [6, 6.07) is 14.3. The highest BCUT2D eigenvalue weighted by Crippen LogP contribution is 2.30. The number of amides is 1. The number of nitrogens with zero attached hydrogens (tertiary/aromatic N) is 1. The predicted molar refractivity (Wildman–Crippen MR) is 108 cm³/mol. The van der Waals surface area contributed by atoms with Crippen LogP contribution >= 0.6 is 0 Å². The van der Waals surface area contributed by atoms with Crippen molar-refractivity contribution in [1.29, 1.82) is 0 Å². The number of anilines is 3. The van der Waals surface area contributed by atoms with Gasteiger partial charge in [0.1, 0.15) is 0 Å². The van der Waals surface area contributed by atoms with E-state index in [1.165, 1.54) is 12.8 Å². The molecule has 0 aromatic heterocycles. The van der Waals surface area contributed by atoms with Crippen molar-refractivity contribution < 1.29 is 4.79 Å². The molecule has 0 aliphatic heterocycles. The molecule has 0 saturated heterocycles. The Morgan fingerprint density at radius 3 is 2.62 bits per heavy atom. The summed E-state index contributed by atoms with van der Waals surface area (Å²) in [6.45, 7) is 2.04. The zero-order chi connectivity index (χ0) is 18.7. The molecule has 0 bridgehead atoms. The molecule has 2 aromatic carbocycles. The van der Waals surface area contributed by atoms with E-state index in [0.29, 0.717) is 11.6 Å². The SMILES string of the molecule is Cc1cccc(Nc2cc(N(C)C3CCCC[C@@H]3N)ccc2C(N)=O)c1. The van der Waals surface area contributed by atoms with Crippen LogP contribution in [0.2, 0.25) is 0 Å². The van der Waals surface area contributed by atoms with Crippen LogP contribution in [0.3, 0.4) is 0 Å². The maximum absolute atomic E-state index is 11.9. The lowest BCUT2D eigenvalue weighted by atomic mass is 9.89. The molecule has 0 heterocycles. The van der Waals surface area contributed by atoms with Gasteiger partial charge in [-0.05, 0) is 55.7 Å². The number of nitrogens with one attached hydrogen (secondary N) is 1. The molecule has 5 heteroatoms. The Kier molecular flexibility index (Phi) is 5.47. The summed E-state index contributed by atoms with van der Waals surface area (Å²) >= 11 is 0. The number of carbonyl (C=O) groups is 1. The van der Waals surface area contributed by atoms with Crippen molar-refractivity contribution in [2.24, 2.45) is 11.5 Å².